The van der Waals surface area contributed by atoms with Crippen molar-refractivity contribution in [2.24, 2.45) is 5.92 Å². The molecule has 0 heterocycles. The van der Waals surface area contributed by atoms with Crippen LogP contribution in [0.25, 0.3) is 0 Å². The summed E-state index contributed by atoms with van der Waals surface area (Å²) in [5.41, 5.74) is -0.519. The van der Waals surface area contributed by atoms with Crippen molar-refractivity contribution in [3.05, 3.63) is 34.4 Å². The molecule has 0 aliphatic heterocycles. The highest BCUT2D eigenvalue weighted by molar-refractivity contribution is 6.30. The average Bonchev–Trinajstić information content (AvgIpc) is 2.30. The van der Waals surface area contributed by atoms with Crippen molar-refractivity contribution in [1.29, 1.82) is 0 Å². The zero-order valence-electron chi connectivity index (χ0n) is 9.34. The molecule has 1 atom stereocenters. The maximum atomic E-state index is 13.3. The van der Waals surface area contributed by atoms with E-state index < -0.39 is 40.0 Å². The Morgan fingerprint density at radius 3 is 2.56 bits per heavy atom. The maximum Gasteiger partial charge on any atom is 0.308 e. The van der Waals surface area contributed by atoms with Crippen LogP contribution in [0.2, 0.25) is 5.02 Å². The summed E-state index contributed by atoms with van der Waals surface area (Å²) >= 11 is 5.34. The predicted octanol–water partition coefficient (Wildman–Crippen LogP) is 2.07. The molecule has 1 rings (SSSR count). The number of rotatable bonds is 4. The summed E-state index contributed by atoms with van der Waals surface area (Å²) in [7, 11) is 0. The van der Waals surface area contributed by atoms with Gasteiger partial charge in [-0.15, -0.1) is 0 Å². The third kappa shape index (κ3) is 3.40. The van der Waals surface area contributed by atoms with E-state index in [-0.39, 0.29) is 6.54 Å². The van der Waals surface area contributed by atoms with Crippen LogP contribution in [0.5, 0.6) is 0 Å². The summed E-state index contributed by atoms with van der Waals surface area (Å²) in [5, 5.41) is 10.4. The Kier molecular flexibility index (Phi) is 4.61. The van der Waals surface area contributed by atoms with Gasteiger partial charge in [0.05, 0.1) is 16.5 Å². The van der Waals surface area contributed by atoms with Gasteiger partial charge >= 0.3 is 5.97 Å². The molecule has 0 aliphatic carbocycles. The minimum absolute atomic E-state index is 0.183. The molecular formula is C11H10ClF2NO3. The molecule has 0 spiro atoms. The van der Waals surface area contributed by atoms with Gasteiger partial charge in [-0.25, -0.2) is 8.78 Å². The highest BCUT2D eigenvalue weighted by Crippen LogP contribution is 2.19. The first-order chi connectivity index (χ1) is 8.32. The lowest BCUT2D eigenvalue weighted by Crippen LogP contribution is -2.32. The molecular weight excluding hydrogens is 268 g/mol. The van der Waals surface area contributed by atoms with Crippen LogP contribution < -0.4 is 5.32 Å². The minimum Gasteiger partial charge on any atom is -0.481 e. The van der Waals surface area contributed by atoms with Crippen LogP contribution in [0, 0.1) is 17.6 Å². The van der Waals surface area contributed by atoms with Crippen LogP contribution in [-0.4, -0.2) is 23.5 Å². The fourth-order valence-corrected chi connectivity index (χ4v) is 1.28. The second-order valence-electron chi connectivity index (χ2n) is 3.70. The van der Waals surface area contributed by atoms with Gasteiger partial charge in [0.2, 0.25) is 0 Å². The summed E-state index contributed by atoms with van der Waals surface area (Å²) in [6.07, 6.45) is 0. The van der Waals surface area contributed by atoms with Gasteiger partial charge in [0, 0.05) is 6.54 Å². The van der Waals surface area contributed by atoms with Crippen molar-refractivity contribution in [2.45, 2.75) is 6.92 Å². The molecule has 1 aromatic rings. The molecule has 1 amide bonds. The first-order valence-corrected chi connectivity index (χ1v) is 5.36. The largest absolute Gasteiger partial charge is 0.481 e. The Balaban J connectivity index is 2.79. The van der Waals surface area contributed by atoms with Gasteiger partial charge in [0.25, 0.3) is 5.91 Å². The van der Waals surface area contributed by atoms with Crippen molar-refractivity contribution < 1.29 is 23.5 Å². The third-order valence-electron chi connectivity index (χ3n) is 2.24. The van der Waals surface area contributed by atoms with Gasteiger partial charge in [-0.05, 0) is 12.1 Å². The van der Waals surface area contributed by atoms with Crippen molar-refractivity contribution in [3.8, 4) is 0 Å². The minimum atomic E-state index is -1.10. The van der Waals surface area contributed by atoms with Gasteiger partial charge < -0.3 is 10.4 Å². The number of carbonyl (C=O) groups is 2. The highest BCUT2D eigenvalue weighted by Gasteiger charge is 2.17. The SMILES string of the molecule is CC(CNC(=O)c1cc(F)c(Cl)cc1F)C(=O)O. The quantitative estimate of drug-likeness (QED) is 0.828. The zero-order valence-corrected chi connectivity index (χ0v) is 10.1. The Bertz CT molecular complexity index is 493. The maximum absolute atomic E-state index is 13.3. The number of nitrogens with one attached hydrogen (secondary N) is 1. The molecule has 0 aliphatic rings. The van der Waals surface area contributed by atoms with Crippen LogP contribution in [0.1, 0.15) is 17.3 Å². The number of aliphatic carboxylic acids is 1. The number of benzene rings is 1. The second kappa shape index (κ2) is 5.77. The van der Waals surface area contributed by atoms with Gasteiger partial charge in [-0.1, -0.05) is 18.5 Å². The van der Waals surface area contributed by atoms with Gasteiger partial charge in [-0.3, -0.25) is 9.59 Å². The molecule has 1 aromatic carbocycles. The number of carboxylic acid groups (broad SMARTS) is 1. The zero-order chi connectivity index (χ0) is 13.9. The van der Waals surface area contributed by atoms with Crippen LogP contribution >= 0.6 is 11.6 Å². The van der Waals surface area contributed by atoms with E-state index in [1.165, 1.54) is 6.92 Å². The molecule has 1 unspecified atom stereocenters. The second-order valence-corrected chi connectivity index (χ2v) is 4.10. The van der Waals surface area contributed by atoms with E-state index in [2.05, 4.69) is 5.32 Å². The molecule has 2 N–H and O–H groups in total. The van der Waals surface area contributed by atoms with E-state index >= 15 is 0 Å². The fourth-order valence-electron chi connectivity index (χ4n) is 1.12. The van der Waals surface area contributed by atoms with E-state index in [1.54, 1.807) is 0 Å². The smallest absolute Gasteiger partial charge is 0.308 e. The highest BCUT2D eigenvalue weighted by atomic mass is 35.5. The fraction of sp³-hybridized carbons (Fsp3) is 0.273. The molecule has 98 valence electrons. The van der Waals surface area contributed by atoms with Gasteiger partial charge in [-0.2, -0.15) is 0 Å². The molecule has 0 fully saturated rings. The van der Waals surface area contributed by atoms with E-state index in [9.17, 15) is 18.4 Å². The summed E-state index contributed by atoms with van der Waals surface area (Å²) in [4.78, 5) is 22.0. The normalized spacial score (nSPS) is 12.0. The molecule has 18 heavy (non-hydrogen) atoms. The Labute approximate surface area is 107 Å². The van der Waals surface area contributed by atoms with Crippen LogP contribution in [0.3, 0.4) is 0 Å². The Hall–Kier alpha value is -1.69. The lowest BCUT2D eigenvalue weighted by molar-refractivity contribution is -0.140. The molecule has 0 saturated heterocycles. The van der Waals surface area contributed by atoms with E-state index in [4.69, 9.17) is 16.7 Å². The Morgan fingerprint density at radius 1 is 1.39 bits per heavy atom. The van der Waals surface area contributed by atoms with Gasteiger partial charge in [0.15, 0.2) is 0 Å². The van der Waals surface area contributed by atoms with E-state index in [0.717, 1.165) is 0 Å². The van der Waals surface area contributed by atoms with Crippen LogP contribution in [0.15, 0.2) is 12.1 Å². The molecule has 0 aromatic heterocycles. The van der Waals surface area contributed by atoms with Crippen LogP contribution in [0.4, 0.5) is 8.78 Å². The average molecular weight is 278 g/mol. The monoisotopic (exact) mass is 277 g/mol. The number of amides is 1. The predicted molar refractivity (Wildman–Crippen MR) is 60.5 cm³/mol. The third-order valence-corrected chi connectivity index (χ3v) is 2.53. The Morgan fingerprint density at radius 2 is 2.00 bits per heavy atom. The van der Waals surface area contributed by atoms with Crippen molar-refractivity contribution >= 4 is 23.5 Å². The number of hydrogen-bond donors (Lipinski definition) is 2. The van der Waals surface area contributed by atoms with Crippen molar-refractivity contribution in [1.82, 2.24) is 5.32 Å². The summed E-state index contributed by atoms with van der Waals surface area (Å²) in [6.45, 7) is 1.19. The number of carbonyl (C=O) groups excluding carboxylic acids is 1. The topological polar surface area (TPSA) is 66.4 Å². The van der Waals surface area contributed by atoms with Crippen LogP contribution in [-0.2, 0) is 4.79 Å². The first kappa shape index (κ1) is 14.4. The van der Waals surface area contributed by atoms with Crippen molar-refractivity contribution in [2.75, 3.05) is 6.54 Å². The van der Waals surface area contributed by atoms with Gasteiger partial charge in [0.1, 0.15) is 11.6 Å². The summed E-state index contributed by atoms with van der Waals surface area (Å²) in [5.74, 6) is -4.71. The summed E-state index contributed by atoms with van der Waals surface area (Å²) < 4.78 is 26.4. The number of hydrogen-bond acceptors (Lipinski definition) is 2. The van der Waals surface area contributed by atoms with Crippen molar-refractivity contribution in [3.63, 3.8) is 0 Å². The standard InChI is InChI=1S/C11H10ClF2NO3/c1-5(11(17)18)4-15-10(16)6-2-9(14)7(12)3-8(6)13/h2-3,5H,4H2,1H3,(H,15,16)(H,17,18). The molecule has 7 heteroatoms. The first-order valence-electron chi connectivity index (χ1n) is 4.98. The molecule has 4 nitrogen and oxygen atoms in total. The lowest BCUT2D eigenvalue weighted by Gasteiger charge is -2.09. The molecule has 0 bridgehead atoms. The van der Waals surface area contributed by atoms with E-state index in [1.807, 2.05) is 0 Å². The molecule has 0 radical (unpaired) electrons. The summed E-state index contributed by atoms with van der Waals surface area (Å²) in [6, 6.07) is 1.35. The van der Waals surface area contributed by atoms with E-state index in [0.29, 0.717) is 12.1 Å². The lowest BCUT2D eigenvalue weighted by atomic mass is 10.1. The number of carboxylic acids is 1. The molecule has 0 saturated carbocycles. The number of halogens is 3.